The Morgan fingerprint density at radius 2 is 1.95 bits per heavy atom. The van der Waals surface area contributed by atoms with Gasteiger partial charge in [0.25, 0.3) is 0 Å². The molecule has 0 unspecified atom stereocenters. The number of ketones is 1. The summed E-state index contributed by atoms with van der Waals surface area (Å²) < 4.78 is 20.1. The summed E-state index contributed by atoms with van der Waals surface area (Å²) in [5.74, 6) is 2.40. The van der Waals surface area contributed by atoms with Crippen molar-refractivity contribution < 1.29 is 19.0 Å². The van der Waals surface area contributed by atoms with Crippen molar-refractivity contribution in [3.8, 4) is 17.2 Å². The summed E-state index contributed by atoms with van der Waals surface area (Å²) in [6, 6.07) is 15.9. The van der Waals surface area contributed by atoms with E-state index in [0.717, 1.165) is 63.6 Å². The van der Waals surface area contributed by atoms with E-state index in [-0.39, 0.29) is 5.78 Å². The summed E-state index contributed by atoms with van der Waals surface area (Å²) in [4.78, 5) is 15.8. The number of hydrogen-bond acceptors (Lipinski definition) is 5. The molecule has 4 aromatic rings. The Labute approximate surface area is 227 Å². The molecule has 0 saturated carbocycles. The SMILES string of the molecule is CCn1cc(/C=C2/Oc3c4c(cc(C)c3C2=O)OCN(CCc2ccc(Cl)cc2)C4)c2cc(OC)ccc21. The number of halogens is 1. The number of benzene rings is 3. The standard InChI is InChI=1S/C31H29ClN2O4/c1-4-34-16-21(24-15-23(36-3)9-10-26(24)34)14-28-30(35)29-19(2)13-27-25(31(29)38-28)17-33(18-37-27)12-11-20-5-7-22(32)8-6-20/h5-10,13-16H,4,11-12,17-18H2,1-3H3/b28-14+. The smallest absolute Gasteiger partial charge is 0.232 e. The van der Waals surface area contributed by atoms with Crippen LogP contribution in [0.5, 0.6) is 17.2 Å². The highest BCUT2D eigenvalue weighted by Crippen LogP contribution is 2.44. The first-order valence-corrected chi connectivity index (χ1v) is 13.2. The second-order valence-corrected chi connectivity index (χ2v) is 10.2. The number of fused-ring (bicyclic) bond motifs is 4. The van der Waals surface area contributed by atoms with Crippen LogP contribution in [0.15, 0.2) is 60.5 Å². The van der Waals surface area contributed by atoms with Crippen molar-refractivity contribution in [1.29, 1.82) is 0 Å². The summed E-state index contributed by atoms with van der Waals surface area (Å²) in [7, 11) is 1.66. The van der Waals surface area contributed by atoms with Crippen LogP contribution in [0.25, 0.3) is 17.0 Å². The quantitative estimate of drug-likeness (QED) is 0.262. The van der Waals surface area contributed by atoms with Gasteiger partial charge in [-0.1, -0.05) is 23.7 Å². The molecule has 38 heavy (non-hydrogen) atoms. The molecule has 194 valence electrons. The van der Waals surface area contributed by atoms with Crippen molar-refractivity contribution in [2.24, 2.45) is 0 Å². The molecule has 0 spiro atoms. The number of Topliss-reactive ketones (excluding diaryl/α,β-unsaturated/α-hetero) is 1. The number of ether oxygens (including phenoxy) is 3. The zero-order chi connectivity index (χ0) is 26.4. The highest BCUT2D eigenvalue weighted by Gasteiger charge is 2.35. The molecular weight excluding hydrogens is 500 g/mol. The Balaban J connectivity index is 1.31. The molecule has 0 N–H and O–H groups in total. The van der Waals surface area contributed by atoms with Gasteiger partial charge in [0.1, 0.15) is 24.0 Å². The van der Waals surface area contributed by atoms with Crippen LogP contribution in [0.3, 0.4) is 0 Å². The minimum absolute atomic E-state index is 0.0983. The lowest BCUT2D eigenvalue weighted by atomic mass is 9.98. The Morgan fingerprint density at radius 3 is 2.71 bits per heavy atom. The minimum Gasteiger partial charge on any atom is -0.497 e. The molecule has 0 fully saturated rings. The fourth-order valence-corrected chi connectivity index (χ4v) is 5.43. The molecule has 6 nitrogen and oxygen atoms in total. The lowest BCUT2D eigenvalue weighted by Crippen LogP contribution is -2.33. The van der Waals surface area contributed by atoms with Crippen LogP contribution in [0.4, 0.5) is 0 Å². The van der Waals surface area contributed by atoms with Gasteiger partial charge < -0.3 is 18.8 Å². The fourth-order valence-electron chi connectivity index (χ4n) is 5.31. The van der Waals surface area contributed by atoms with E-state index in [1.165, 1.54) is 5.56 Å². The van der Waals surface area contributed by atoms with E-state index in [1.807, 2.05) is 61.5 Å². The Kier molecular flexibility index (Phi) is 6.38. The molecule has 2 aliphatic heterocycles. The first-order valence-electron chi connectivity index (χ1n) is 12.8. The molecule has 0 radical (unpaired) electrons. The first kappa shape index (κ1) is 24.6. The molecule has 3 aromatic carbocycles. The van der Waals surface area contributed by atoms with Crippen molar-refractivity contribution in [3.63, 3.8) is 0 Å². The van der Waals surface area contributed by atoms with Gasteiger partial charge in [-0.15, -0.1) is 0 Å². The minimum atomic E-state index is -0.0983. The molecule has 0 bridgehead atoms. The Morgan fingerprint density at radius 1 is 1.13 bits per heavy atom. The number of allylic oxidation sites excluding steroid dienone is 1. The van der Waals surface area contributed by atoms with Crippen molar-refractivity contribution in [1.82, 2.24) is 9.47 Å². The molecule has 0 saturated heterocycles. The zero-order valence-corrected chi connectivity index (χ0v) is 22.5. The molecular formula is C31H29ClN2O4. The average molecular weight is 529 g/mol. The normalized spacial score (nSPS) is 15.9. The van der Waals surface area contributed by atoms with Gasteiger partial charge in [0, 0.05) is 47.3 Å². The first-order chi connectivity index (χ1) is 18.4. The van der Waals surface area contributed by atoms with Gasteiger partial charge in [0.15, 0.2) is 5.76 Å². The van der Waals surface area contributed by atoms with Gasteiger partial charge in [0.05, 0.1) is 18.2 Å². The molecule has 0 aliphatic carbocycles. The lowest BCUT2D eigenvalue weighted by molar-refractivity contribution is 0.0949. The maximum absolute atomic E-state index is 13.6. The van der Waals surface area contributed by atoms with E-state index in [1.54, 1.807) is 7.11 Å². The second-order valence-electron chi connectivity index (χ2n) is 9.77. The molecule has 1 aromatic heterocycles. The van der Waals surface area contributed by atoms with E-state index in [9.17, 15) is 4.79 Å². The number of methoxy groups -OCH3 is 1. The van der Waals surface area contributed by atoms with Gasteiger partial charge in [0.2, 0.25) is 5.78 Å². The summed E-state index contributed by atoms with van der Waals surface area (Å²) in [5, 5.41) is 1.75. The Hall–Kier alpha value is -3.74. The maximum Gasteiger partial charge on any atom is 0.232 e. The van der Waals surface area contributed by atoms with Gasteiger partial charge in [-0.25, -0.2) is 0 Å². The summed E-state index contributed by atoms with van der Waals surface area (Å²) in [6.07, 6.45) is 4.78. The van der Waals surface area contributed by atoms with E-state index in [0.29, 0.717) is 30.3 Å². The van der Waals surface area contributed by atoms with Crippen LogP contribution in [-0.4, -0.2) is 35.6 Å². The van der Waals surface area contributed by atoms with E-state index in [2.05, 4.69) is 22.6 Å². The summed E-state index contributed by atoms with van der Waals surface area (Å²) in [6.45, 7) is 6.82. The van der Waals surface area contributed by atoms with E-state index < -0.39 is 0 Å². The maximum atomic E-state index is 13.6. The van der Waals surface area contributed by atoms with Crippen LogP contribution in [0.2, 0.25) is 5.02 Å². The average Bonchev–Trinajstić information content (AvgIpc) is 3.45. The molecule has 0 atom stereocenters. The summed E-state index contributed by atoms with van der Waals surface area (Å²) >= 11 is 6.03. The largest absolute Gasteiger partial charge is 0.497 e. The predicted octanol–water partition coefficient (Wildman–Crippen LogP) is 6.64. The van der Waals surface area contributed by atoms with E-state index in [4.69, 9.17) is 25.8 Å². The molecule has 7 heteroatoms. The van der Waals surface area contributed by atoms with Gasteiger partial charge in [-0.05, 0) is 73.9 Å². The van der Waals surface area contributed by atoms with Crippen molar-refractivity contribution in [2.45, 2.75) is 33.4 Å². The highest BCUT2D eigenvalue weighted by atomic mass is 35.5. The molecule has 0 amide bonds. The van der Waals surface area contributed by atoms with Crippen molar-refractivity contribution in [3.05, 3.63) is 93.3 Å². The van der Waals surface area contributed by atoms with Gasteiger partial charge >= 0.3 is 0 Å². The van der Waals surface area contributed by atoms with E-state index >= 15 is 0 Å². The number of carbonyl (C=O) groups is 1. The van der Waals surface area contributed by atoms with Crippen LogP contribution < -0.4 is 14.2 Å². The third-order valence-electron chi connectivity index (χ3n) is 7.36. The van der Waals surface area contributed by atoms with Gasteiger partial charge in [-0.2, -0.15) is 0 Å². The number of aromatic nitrogens is 1. The Bertz CT molecular complexity index is 1590. The molecule has 6 rings (SSSR count). The predicted molar refractivity (Wildman–Crippen MR) is 149 cm³/mol. The molecule has 3 heterocycles. The lowest BCUT2D eigenvalue weighted by Gasteiger charge is -2.30. The van der Waals surface area contributed by atoms with Crippen LogP contribution in [-0.2, 0) is 19.5 Å². The topological polar surface area (TPSA) is 52.9 Å². The number of nitrogens with zero attached hydrogens (tertiary/aromatic N) is 2. The molecule has 2 aliphatic rings. The van der Waals surface area contributed by atoms with Crippen molar-refractivity contribution in [2.75, 3.05) is 20.4 Å². The highest BCUT2D eigenvalue weighted by molar-refractivity contribution is 6.30. The van der Waals surface area contributed by atoms with Crippen LogP contribution in [0, 0.1) is 6.92 Å². The second kappa shape index (κ2) is 9.86. The summed E-state index contributed by atoms with van der Waals surface area (Å²) in [5.41, 5.74) is 5.62. The number of hydrogen-bond donors (Lipinski definition) is 0. The van der Waals surface area contributed by atoms with Crippen LogP contribution >= 0.6 is 11.6 Å². The zero-order valence-electron chi connectivity index (χ0n) is 21.7. The fraction of sp³-hybridized carbons (Fsp3) is 0.258. The third-order valence-corrected chi connectivity index (χ3v) is 7.62. The monoisotopic (exact) mass is 528 g/mol. The number of aryl methyl sites for hydroxylation is 2. The number of carbonyl (C=O) groups excluding carboxylic acids is 1. The third kappa shape index (κ3) is 4.34. The number of rotatable bonds is 6. The van der Waals surface area contributed by atoms with Gasteiger partial charge in [-0.3, -0.25) is 9.69 Å². The van der Waals surface area contributed by atoms with Crippen LogP contribution in [0.1, 0.15) is 39.5 Å². The van der Waals surface area contributed by atoms with Crippen molar-refractivity contribution >= 4 is 34.4 Å².